The summed E-state index contributed by atoms with van der Waals surface area (Å²) in [6, 6.07) is 16.9. The molecule has 0 aromatic heterocycles. The van der Waals surface area contributed by atoms with Crippen LogP contribution in [-0.4, -0.2) is 5.33 Å². The highest BCUT2D eigenvalue weighted by molar-refractivity contribution is 9.09. The van der Waals surface area contributed by atoms with Gasteiger partial charge in [-0.05, 0) is 28.7 Å². The number of hydrogen-bond donors (Lipinski definition) is 0. The Morgan fingerprint density at radius 1 is 0.800 bits per heavy atom. The van der Waals surface area contributed by atoms with Crippen molar-refractivity contribution in [3.63, 3.8) is 0 Å². The van der Waals surface area contributed by atoms with Gasteiger partial charge in [0.05, 0.1) is 13.2 Å². The summed E-state index contributed by atoms with van der Waals surface area (Å²) in [5.74, 6) is 0. The first kappa shape index (κ1) is 15.7. The summed E-state index contributed by atoms with van der Waals surface area (Å²) in [7, 11) is 0. The normalized spacial score (nSPS) is 10.7. The van der Waals surface area contributed by atoms with Crippen molar-refractivity contribution in [3.8, 4) is 0 Å². The number of ether oxygens (including phenoxy) is 1. The summed E-state index contributed by atoms with van der Waals surface area (Å²) in [6.07, 6.45) is 1.06. The predicted molar refractivity (Wildman–Crippen MR) is 91.5 cm³/mol. The molecule has 0 unspecified atom stereocenters. The third-order valence-electron chi connectivity index (χ3n) is 3.16. The lowest BCUT2D eigenvalue weighted by Gasteiger charge is -2.10. The maximum atomic E-state index is 5.78. The van der Waals surface area contributed by atoms with Crippen LogP contribution >= 0.6 is 31.9 Å². The van der Waals surface area contributed by atoms with Crippen LogP contribution in [-0.2, 0) is 29.7 Å². The Hall–Kier alpha value is -0.640. The van der Waals surface area contributed by atoms with Crippen LogP contribution in [0, 0.1) is 0 Å². The fourth-order valence-electron chi connectivity index (χ4n) is 2.10. The van der Waals surface area contributed by atoms with E-state index in [1.165, 1.54) is 22.3 Å². The van der Waals surface area contributed by atoms with Gasteiger partial charge in [0, 0.05) is 10.7 Å². The molecule has 0 saturated carbocycles. The molecule has 1 nitrogen and oxygen atoms in total. The van der Waals surface area contributed by atoms with Gasteiger partial charge in [-0.1, -0.05) is 80.4 Å². The average molecular weight is 398 g/mol. The van der Waals surface area contributed by atoms with Crippen LogP contribution in [0.3, 0.4) is 0 Å². The second-order valence-electron chi connectivity index (χ2n) is 4.65. The molecule has 2 aromatic rings. The zero-order valence-electron chi connectivity index (χ0n) is 11.3. The number of rotatable bonds is 7. The molecule has 0 amide bonds. The number of aryl methyl sites for hydroxylation is 1. The van der Waals surface area contributed by atoms with Crippen LogP contribution < -0.4 is 0 Å². The number of hydrogen-bond acceptors (Lipinski definition) is 1. The zero-order chi connectivity index (χ0) is 14.2. The first-order valence-corrected chi connectivity index (χ1v) is 8.92. The Bertz CT molecular complexity index is 526. The Labute approximate surface area is 137 Å². The quantitative estimate of drug-likeness (QED) is 0.580. The standard InChI is InChI=1S/C17H18Br2O/c18-9-8-16-7-6-15(10-17(16)11-19)13-20-12-14-4-2-1-3-5-14/h1-7,10H,8-9,11-13H2. The van der Waals surface area contributed by atoms with E-state index in [1.54, 1.807) is 0 Å². The molecule has 0 heterocycles. The largest absolute Gasteiger partial charge is 0.372 e. The van der Waals surface area contributed by atoms with E-state index in [9.17, 15) is 0 Å². The summed E-state index contributed by atoms with van der Waals surface area (Å²) in [5, 5.41) is 1.89. The summed E-state index contributed by atoms with van der Waals surface area (Å²) in [6.45, 7) is 1.32. The summed E-state index contributed by atoms with van der Waals surface area (Å²) >= 11 is 7.06. The number of alkyl halides is 2. The molecule has 0 radical (unpaired) electrons. The lowest BCUT2D eigenvalue weighted by molar-refractivity contribution is 0.107. The van der Waals surface area contributed by atoms with Crippen LogP contribution in [0.5, 0.6) is 0 Å². The van der Waals surface area contributed by atoms with Gasteiger partial charge in [-0.2, -0.15) is 0 Å². The number of benzene rings is 2. The van der Waals surface area contributed by atoms with E-state index in [2.05, 4.69) is 62.2 Å². The molecule has 0 fully saturated rings. The smallest absolute Gasteiger partial charge is 0.0721 e. The minimum atomic E-state index is 0.656. The van der Waals surface area contributed by atoms with Crippen LogP contribution in [0.4, 0.5) is 0 Å². The van der Waals surface area contributed by atoms with Gasteiger partial charge in [0.25, 0.3) is 0 Å². The molecular formula is C17H18Br2O. The van der Waals surface area contributed by atoms with Crippen molar-refractivity contribution in [2.45, 2.75) is 25.0 Å². The zero-order valence-corrected chi connectivity index (χ0v) is 14.5. The monoisotopic (exact) mass is 396 g/mol. The first-order chi connectivity index (χ1) is 9.83. The van der Waals surface area contributed by atoms with Crippen molar-refractivity contribution in [3.05, 3.63) is 70.8 Å². The van der Waals surface area contributed by atoms with Gasteiger partial charge in [-0.25, -0.2) is 0 Å². The molecular weight excluding hydrogens is 380 g/mol. The molecule has 3 heteroatoms. The Morgan fingerprint density at radius 3 is 2.25 bits per heavy atom. The van der Waals surface area contributed by atoms with Crippen molar-refractivity contribution in [1.82, 2.24) is 0 Å². The maximum Gasteiger partial charge on any atom is 0.0721 e. The molecule has 2 rings (SSSR count). The molecule has 0 aliphatic heterocycles. The molecule has 20 heavy (non-hydrogen) atoms. The van der Waals surface area contributed by atoms with Crippen LogP contribution in [0.2, 0.25) is 0 Å². The fraction of sp³-hybridized carbons (Fsp3) is 0.294. The lowest BCUT2D eigenvalue weighted by atomic mass is 10.0. The summed E-state index contributed by atoms with van der Waals surface area (Å²) in [5.41, 5.74) is 5.19. The minimum Gasteiger partial charge on any atom is -0.372 e. The molecule has 0 bridgehead atoms. The molecule has 2 aromatic carbocycles. The second kappa shape index (κ2) is 8.60. The fourth-order valence-corrected chi connectivity index (χ4v) is 3.05. The van der Waals surface area contributed by atoms with Crippen molar-refractivity contribution in [1.29, 1.82) is 0 Å². The number of halogens is 2. The Kier molecular flexibility index (Phi) is 6.77. The lowest BCUT2D eigenvalue weighted by Crippen LogP contribution is -1.98. The first-order valence-electron chi connectivity index (χ1n) is 6.67. The van der Waals surface area contributed by atoms with E-state index in [4.69, 9.17) is 4.74 Å². The molecule has 0 aliphatic carbocycles. The van der Waals surface area contributed by atoms with Crippen molar-refractivity contribution in [2.24, 2.45) is 0 Å². The molecule has 0 saturated heterocycles. The van der Waals surface area contributed by atoms with Crippen molar-refractivity contribution in [2.75, 3.05) is 5.33 Å². The highest BCUT2D eigenvalue weighted by Crippen LogP contribution is 2.18. The average Bonchev–Trinajstić information content (AvgIpc) is 2.50. The Balaban J connectivity index is 1.93. The SMILES string of the molecule is BrCCc1ccc(COCc2ccccc2)cc1CBr. The van der Waals surface area contributed by atoms with Gasteiger partial charge in [-0.15, -0.1) is 0 Å². The minimum absolute atomic E-state index is 0.656. The summed E-state index contributed by atoms with van der Waals surface area (Å²) < 4.78 is 5.78. The van der Waals surface area contributed by atoms with E-state index in [0.717, 1.165) is 17.1 Å². The van der Waals surface area contributed by atoms with Gasteiger partial charge < -0.3 is 4.74 Å². The van der Waals surface area contributed by atoms with E-state index in [-0.39, 0.29) is 0 Å². The van der Waals surface area contributed by atoms with Crippen LogP contribution in [0.1, 0.15) is 22.3 Å². The van der Waals surface area contributed by atoms with Crippen LogP contribution in [0.15, 0.2) is 48.5 Å². The van der Waals surface area contributed by atoms with E-state index >= 15 is 0 Å². The van der Waals surface area contributed by atoms with Gasteiger partial charge in [0.2, 0.25) is 0 Å². The van der Waals surface area contributed by atoms with Crippen molar-refractivity contribution >= 4 is 31.9 Å². The van der Waals surface area contributed by atoms with Gasteiger partial charge in [0.15, 0.2) is 0 Å². The van der Waals surface area contributed by atoms with Gasteiger partial charge in [-0.3, -0.25) is 0 Å². The molecule has 0 atom stereocenters. The highest BCUT2D eigenvalue weighted by Gasteiger charge is 2.03. The summed E-state index contributed by atoms with van der Waals surface area (Å²) in [4.78, 5) is 0. The molecule has 106 valence electrons. The Morgan fingerprint density at radius 2 is 1.55 bits per heavy atom. The van der Waals surface area contributed by atoms with Crippen molar-refractivity contribution < 1.29 is 4.74 Å². The maximum absolute atomic E-state index is 5.78. The van der Waals surface area contributed by atoms with E-state index in [0.29, 0.717) is 13.2 Å². The molecule has 0 N–H and O–H groups in total. The van der Waals surface area contributed by atoms with Crippen LogP contribution in [0.25, 0.3) is 0 Å². The van der Waals surface area contributed by atoms with Gasteiger partial charge >= 0.3 is 0 Å². The highest BCUT2D eigenvalue weighted by atomic mass is 79.9. The molecule has 0 spiro atoms. The third kappa shape index (κ3) is 4.72. The molecule has 0 aliphatic rings. The van der Waals surface area contributed by atoms with E-state index in [1.807, 2.05) is 18.2 Å². The second-order valence-corrected chi connectivity index (χ2v) is 6.01. The topological polar surface area (TPSA) is 9.23 Å². The van der Waals surface area contributed by atoms with Gasteiger partial charge in [0.1, 0.15) is 0 Å². The van der Waals surface area contributed by atoms with E-state index < -0.39 is 0 Å². The predicted octanol–water partition coefficient (Wildman–Crippen LogP) is 5.24. The third-order valence-corrected chi connectivity index (χ3v) is 4.16.